The highest BCUT2D eigenvalue weighted by Crippen LogP contribution is 2.09. The standard InChI is InChI=1S/C11H20N2O5/c1-7(2-3-9(14)15)4-5-13-11(18)8(12)6-10(16)17/h7-8H,2-6,12H2,1H3,(H,13,18)(H,14,15)(H,16,17). The first-order chi connectivity index (χ1) is 8.32. The van der Waals surface area contributed by atoms with Gasteiger partial charge in [-0.25, -0.2) is 0 Å². The summed E-state index contributed by atoms with van der Waals surface area (Å²) in [6, 6.07) is -1.04. The summed E-state index contributed by atoms with van der Waals surface area (Å²) in [7, 11) is 0. The van der Waals surface area contributed by atoms with Crippen molar-refractivity contribution in [2.75, 3.05) is 6.54 Å². The molecule has 0 saturated carbocycles. The predicted molar refractivity (Wildman–Crippen MR) is 63.9 cm³/mol. The third-order valence-corrected chi connectivity index (χ3v) is 2.52. The monoisotopic (exact) mass is 260 g/mol. The molecule has 0 aliphatic heterocycles. The molecule has 0 spiro atoms. The van der Waals surface area contributed by atoms with Gasteiger partial charge in [0.05, 0.1) is 12.5 Å². The van der Waals surface area contributed by atoms with E-state index in [2.05, 4.69) is 5.32 Å². The van der Waals surface area contributed by atoms with Gasteiger partial charge < -0.3 is 21.3 Å². The van der Waals surface area contributed by atoms with Gasteiger partial charge in [0.2, 0.25) is 5.91 Å². The minimum Gasteiger partial charge on any atom is -0.481 e. The number of carbonyl (C=O) groups is 3. The maximum absolute atomic E-state index is 11.3. The van der Waals surface area contributed by atoms with Gasteiger partial charge in [-0.3, -0.25) is 14.4 Å². The van der Waals surface area contributed by atoms with Crippen LogP contribution in [0, 0.1) is 5.92 Å². The molecule has 0 rings (SSSR count). The quantitative estimate of drug-likeness (QED) is 0.454. The average Bonchev–Trinajstić information content (AvgIpc) is 2.25. The molecule has 0 aromatic carbocycles. The summed E-state index contributed by atoms with van der Waals surface area (Å²) in [6.07, 6.45) is 0.888. The molecule has 0 heterocycles. The smallest absolute Gasteiger partial charge is 0.305 e. The van der Waals surface area contributed by atoms with Crippen LogP contribution in [0.15, 0.2) is 0 Å². The van der Waals surface area contributed by atoms with Gasteiger partial charge in [0.15, 0.2) is 0 Å². The van der Waals surface area contributed by atoms with E-state index in [4.69, 9.17) is 15.9 Å². The third-order valence-electron chi connectivity index (χ3n) is 2.52. The van der Waals surface area contributed by atoms with Crippen molar-refractivity contribution in [3.8, 4) is 0 Å². The fourth-order valence-electron chi connectivity index (χ4n) is 1.37. The van der Waals surface area contributed by atoms with E-state index in [1.54, 1.807) is 0 Å². The summed E-state index contributed by atoms with van der Waals surface area (Å²) >= 11 is 0. The van der Waals surface area contributed by atoms with Crippen molar-refractivity contribution in [2.45, 2.75) is 38.6 Å². The molecule has 1 amide bonds. The molecule has 0 radical (unpaired) electrons. The maximum Gasteiger partial charge on any atom is 0.305 e. The van der Waals surface area contributed by atoms with Gasteiger partial charge in [0.25, 0.3) is 0 Å². The van der Waals surface area contributed by atoms with Crippen molar-refractivity contribution >= 4 is 17.8 Å². The van der Waals surface area contributed by atoms with E-state index in [0.717, 1.165) is 0 Å². The van der Waals surface area contributed by atoms with E-state index in [1.807, 2.05) is 6.92 Å². The van der Waals surface area contributed by atoms with E-state index in [9.17, 15) is 14.4 Å². The van der Waals surface area contributed by atoms with E-state index in [-0.39, 0.29) is 12.3 Å². The number of nitrogens with two attached hydrogens (primary N) is 1. The van der Waals surface area contributed by atoms with E-state index in [0.29, 0.717) is 19.4 Å². The Bertz CT molecular complexity index is 306. The van der Waals surface area contributed by atoms with Crippen LogP contribution in [0.3, 0.4) is 0 Å². The second-order valence-electron chi connectivity index (χ2n) is 4.32. The lowest BCUT2D eigenvalue weighted by atomic mass is 10.0. The zero-order chi connectivity index (χ0) is 14.1. The summed E-state index contributed by atoms with van der Waals surface area (Å²) in [5.74, 6) is -2.28. The fourth-order valence-corrected chi connectivity index (χ4v) is 1.37. The summed E-state index contributed by atoms with van der Waals surface area (Å²) in [5, 5.41) is 19.5. The fraction of sp³-hybridized carbons (Fsp3) is 0.727. The van der Waals surface area contributed by atoms with Crippen LogP contribution < -0.4 is 11.1 Å². The topological polar surface area (TPSA) is 130 Å². The van der Waals surface area contributed by atoms with Crippen LogP contribution in [0.5, 0.6) is 0 Å². The van der Waals surface area contributed by atoms with Gasteiger partial charge in [-0.15, -0.1) is 0 Å². The minimum absolute atomic E-state index is 0.105. The number of carboxylic acid groups (broad SMARTS) is 2. The number of hydrogen-bond donors (Lipinski definition) is 4. The number of rotatable bonds is 9. The van der Waals surface area contributed by atoms with Gasteiger partial charge in [-0.05, 0) is 18.8 Å². The van der Waals surface area contributed by atoms with E-state index >= 15 is 0 Å². The molecule has 0 aromatic heterocycles. The molecule has 0 aliphatic carbocycles. The van der Waals surface area contributed by atoms with Crippen LogP contribution in [-0.4, -0.2) is 40.6 Å². The third kappa shape index (κ3) is 8.51. The molecule has 5 N–H and O–H groups in total. The molecule has 7 nitrogen and oxygen atoms in total. The van der Waals surface area contributed by atoms with Crippen LogP contribution in [0.4, 0.5) is 0 Å². The van der Waals surface area contributed by atoms with Crippen molar-refractivity contribution < 1.29 is 24.6 Å². The van der Waals surface area contributed by atoms with Crippen molar-refractivity contribution in [2.24, 2.45) is 11.7 Å². The normalized spacial score (nSPS) is 13.7. The largest absolute Gasteiger partial charge is 0.481 e. The summed E-state index contributed by atoms with van der Waals surface area (Å²) in [6.45, 7) is 2.26. The van der Waals surface area contributed by atoms with Crippen LogP contribution in [0.2, 0.25) is 0 Å². The van der Waals surface area contributed by atoms with E-state index < -0.39 is 30.3 Å². The van der Waals surface area contributed by atoms with E-state index in [1.165, 1.54) is 0 Å². The summed E-state index contributed by atoms with van der Waals surface area (Å²) < 4.78 is 0. The molecular formula is C11H20N2O5. The molecule has 18 heavy (non-hydrogen) atoms. The molecule has 0 saturated heterocycles. The lowest BCUT2D eigenvalue weighted by molar-refractivity contribution is -0.139. The second-order valence-corrected chi connectivity index (χ2v) is 4.32. The molecule has 2 unspecified atom stereocenters. The van der Waals surface area contributed by atoms with Gasteiger partial charge in [0.1, 0.15) is 0 Å². The van der Waals surface area contributed by atoms with Crippen molar-refractivity contribution in [1.82, 2.24) is 5.32 Å². The SMILES string of the molecule is CC(CCNC(=O)C(N)CC(=O)O)CCC(=O)O. The second kappa shape index (κ2) is 8.46. The lowest BCUT2D eigenvalue weighted by Gasteiger charge is -2.13. The zero-order valence-electron chi connectivity index (χ0n) is 10.4. The molecule has 0 aromatic rings. The number of hydrogen-bond acceptors (Lipinski definition) is 4. The number of carboxylic acids is 2. The number of amides is 1. The number of nitrogens with one attached hydrogen (secondary N) is 1. The highest BCUT2D eigenvalue weighted by Gasteiger charge is 2.16. The highest BCUT2D eigenvalue weighted by atomic mass is 16.4. The minimum atomic E-state index is -1.12. The maximum atomic E-state index is 11.3. The predicted octanol–water partition coefficient (Wildman–Crippen LogP) is -0.204. The number of carbonyl (C=O) groups excluding carboxylic acids is 1. The first kappa shape index (κ1) is 16.4. The first-order valence-corrected chi connectivity index (χ1v) is 5.79. The number of aliphatic carboxylic acids is 2. The molecule has 0 fully saturated rings. The Balaban J connectivity index is 3.73. The summed E-state index contributed by atoms with van der Waals surface area (Å²) in [4.78, 5) is 32.0. The molecule has 7 heteroatoms. The van der Waals surface area contributed by atoms with Crippen LogP contribution in [-0.2, 0) is 14.4 Å². The Morgan fingerprint density at radius 3 is 2.28 bits per heavy atom. The Labute approximate surface area is 105 Å². The average molecular weight is 260 g/mol. The van der Waals surface area contributed by atoms with Crippen LogP contribution in [0.1, 0.15) is 32.6 Å². The zero-order valence-corrected chi connectivity index (χ0v) is 10.4. The first-order valence-electron chi connectivity index (χ1n) is 5.79. The van der Waals surface area contributed by atoms with Crippen LogP contribution in [0.25, 0.3) is 0 Å². The van der Waals surface area contributed by atoms with Crippen molar-refractivity contribution in [3.05, 3.63) is 0 Å². The van der Waals surface area contributed by atoms with Gasteiger partial charge in [-0.1, -0.05) is 6.92 Å². The van der Waals surface area contributed by atoms with Gasteiger partial charge in [-0.2, -0.15) is 0 Å². The lowest BCUT2D eigenvalue weighted by Crippen LogP contribution is -2.42. The van der Waals surface area contributed by atoms with Crippen LogP contribution >= 0.6 is 0 Å². The highest BCUT2D eigenvalue weighted by molar-refractivity contribution is 5.85. The Morgan fingerprint density at radius 2 is 1.78 bits per heavy atom. The van der Waals surface area contributed by atoms with Crippen molar-refractivity contribution in [1.29, 1.82) is 0 Å². The Kier molecular flexibility index (Phi) is 7.69. The Morgan fingerprint density at radius 1 is 1.17 bits per heavy atom. The molecular weight excluding hydrogens is 240 g/mol. The molecule has 0 bridgehead atoms. The summed E-state index contributed by atoms with van der Waals surface area (Å²) in [5.41, 5.74) is 5.36. The molecule has 0 aliphatic rings. The molecule has 2 atom stereocenters. The van der Waals surface area contributed by atoms with Gasteiger partial charge >= 0.3 is 11.9 Å². The van der Waals surface area contributed by atoms with Crippen molar-refractivity contribution in [3.63, 3.8) is 0 Å². The Hall–Kier alpha value is -1.63. The molecule has 104 valence electrons. The van der Waals surface area contributed by atoms with Gasteiger partial charge in [0, 0.05) is 13.0 Å².